The number of carbonyl (C=O) groups is 4. The Hall–Kier alpha value is -3.88. The van der Waals surface area contributed by atoms with Gasteiger partial charge in [0.05, 0.1) is 13.5 Å². The normalized spacial score (nSPS) is 12.7. The zero-order valence-electron chi connectivity index (χ0n) is 19.6. The van der Waals surface area contributed by atoms with Gasteiger partial charge in [-0.25, -0.2) is 4.79 Å². The van der Waals surface area contributed by atoms with Crippen molar-refractivity contribution in [2.45, 2.75) is 44.1 Å². The third-order valence-electron chi connectivity index (χ3n) is 5.92. The number of fused-ring (bicyclic) bond motifs is 3. The first-order valence-corrected chi connectivity index (χ1v) is 11.6. The topological polar surface area (TPSA) is 131 Å². The molecule has 0 fully saturated rings. The molecule has 9 heteroatoms. The average molecular weight is 483 g/mol. The number of methoxy groups -OCH3 is 1. The number of benzene rings is 2. The quantitative estimate of drug-likeness (QED) is 0.313. The third-order valence-corrected chi connectivity index (χ3v) is 5.92. The van der Waals surface area contributed by atoms with E-state index in [0.717, 1.165) is 22.3 Å². The van der Waals surface area contributed by atoms with Gasteiger partial charge in [-0.15, -0.1) is 0 Å². The molecule has 2 aromatic carbocycles. The Morgan fingerprint density at radius 3 is 2.17 bits per heavy atom. The van der Waals surface area contributed by atoms with E-state index in [1.54, 1.807) is 0 Å². The molecule has 1 aliphatic rings. The van der Waals surface area contributed by atoms with E-state index < -0.39 is 30.4 Å². The van der Waals surface area contributed by atoms with Crippen molar-refractivity contribution in [3.8, 4) is 11.1 Å². The molecular weight excluding hydrogens is 452 g/mol. The Balaban J connectivity index is 1.51. The summed E-state index contributed by atoms with van der Waals surface area (Å²) in [6.07, 6.45) is 0.797. The minimum Gasteiger partial charge on any atom is -0.481 e. The van der Waals surface area contributed by atoms with Crippen LogP contribution >= 0.6 is 0 Å². The summed E-state index contributed by atoms with van der Waals surface area (Å²) < 4.78 is 10.00. The highest BCUT2D eigenvalue weighted by Gasteiger charge is 2.30. The van der Waals surface area contributed by atoms with Crippen LogP contribution in [0.2, 0.25) is 0 Å². The van der Waals surface area contributed by atoms with E-state index >= 15 is 0 Å². The lowest BCUT2D eigenvalue weighted by Gasteiger charge is -2.18. The van der Waals surface area contributed by atoms with Gasteiger partial charge in [0.25, 0.3) is 0 Å². The highest BCUT2D eigenvalue weighted by atomic mass is 16.5. The summed E-state index contributed by atoms with van der Waals surface area (Å²) in [5.41, 5.74) is 4.28. The number of esters is 1. The lowest BCUT2D eigenvalue weighted by molar-refractivity contribution is -0.141. The lowest BCUT2D eigenvalue weighted by atomic mass is 9.98. The first kappa shape index (κ1) is 25.7. The standard InChI is InChI=1S/C26H30N2O7/c1-34-24(31)13-3-2-8-14-27-25(32)22(15-23(29)30)28-26(33)35-16-21-19-11-6-4-9-17(19)18-10-5-7-12-20(18)21/h4-7,9-12,21-22H,2-3,8,13-16H2,1H3,(H,27,32)(H,28,33)(H,29,30). The number of rotatable bonds is 12. The number of carboxylic acid groups (broad SMARTS) is 1. The number of carboxylic acids is 1. The molecular formula is C26H30N2O7. The number of alkyl carbamates (subject to hydrolysis) is 1. The molecule has 1 atom stereocenters. The van der Waals surface area contributed by atoms with Crippen LogP contribution in [0.15, 0.2) is 48.5 Å². The van der Waals surface area contributed by atoms with Crippen molar-refractivity contribution in [3.05, 3.63) is 59.7 Å². The van der Waals surface area contributed by atoms with Gasteiger partial charge in [-0.3, -0.25) is 14.4 Å². The minimum atomic E-state index is -1.27. The van der Waals surface area contributed by atoms with Crippen molar-refractivity contribution in [1.82, 2.24) is 10.6 Å². The molecule has 0 spiro atoms. The molecule has 0 bridgehead atoms. The van der Waals surface area contributed by atoms with Gasteiger partial charge in [0.1, 0.15) is 12.6 Å². The first-order valence-electron chi connectivity index (χ1n) is 11.6. The zero-order chi connectivity index (χ0) is 25.2. The van der Waals surface area contributed by atoms with Crippen LogP contribution in [0.4, 0.5) is 4.79 Å². The lowest BCUT2D eigenvalue weighted by Crippen LogP contribution is -2.48. The highest BCUT2D eigenvalue weighted by Crippen LogP contribution is 2.44. The van der Waals surface area contributed by atoms with E-state index in [1.807, 2.05) is 48.5 Å². The number of hydrogen-bond acceptors (Lipinski definition) is 6. The Labute approximate surface area is 203 Å². The van der Waals surface area contributed by atoms with Gasteiger partial charge in [0.15, 0.2) is 0 Å². The minimum absolute atomic E-state index is 0.0570. The molecule has 2 amide bonds. The summed E-state index contributed by atoms with van der Waals surface area (Å²) in [5.74, 6) is -2.26. The van der Waals surface area contributed by atoms with Crippen LogP contribution in [0.1, 0.15) is 49.1 Å². The van der Waals surface area contributed by atoms with Gasteiger partial charge in [-0.1, -0.05) is 55.0 Å². The summed E-state index contributed by atoms with van der Waals surface area (Å²) >= 11 is 0. The second-order valence-corrected chi connectivity index (χ2v) is 8.30. The van der Waals surface area contributed by atoms with Crippen molar-refractivity contribution >= 4 is 23.9 Å². The molecule has 1 aliphatic carbocycles. The first-order chi connectivity index (χ1) is 16.9. The molecule has 1 unspecified atom stereocenters. The van der Waals surface area contributed by atoms with E-state index in [-0.39, 0.29) is 18.5 Å². The van der Waals surface area contributed by atoms with E-state index in [2.05, 4.69) is 15.4 Å². The molecule has 0 aliphatic heterocycles. The number of ether oxygens (including phenoxy) is 2. The number of unbranched alkanes of at least 4 members (excludes halogenated alkanes) is 2. The zero-order valence-corrected chi connectivity index (χ0v) is 19.6. The van der Waals surface area contributed by atoms with Crippen molar-refractivity contribution < 1.29 is 33.8 Å². The fourth-order valence-electron chi connectivity index (χ4n) is 4.17. The van der Waals surface area contributed by atoms with Crippen LogP contribution < -0.4 is 10.6 Å². The fraction of sp³-hybridized carbons (Fsp3) is 0.385. The summed E-state index contributed by atoms with van der Waals surface area (Å²) in [6.45, 7) is 0.351. The predicted molar refractivity (Wildman–Crippen MR) is 128 cm³/mol. The van der Waals surface area contributed by atoms with E-state index in [0.29, 0.717) is 32.2 Å². The maximum absolute atomic E-state index is 12.5. The summed E-state index contributed by atoms with van der Waals surface area (Å²) in [4.78, 5) is 47.3. The average Bonchev–Trinajstić information content (AvgIpc) is 3.17. The Morgan fingerprint density at radius 2 is 1.57 bits per heavy atom. The van der Waals surface area contributed by atoms with Crippen LogP contribution in [-0.4, -0.2) is 55.3 Å². The van der Waals surface area contributed by atoms with Crippen molar-refractivity contribution in [2.75, 3.05) is 20.3 Å². The summed E-state index contributed by atoms with van der Waals surface area (Å²) in [7, 11) is 1.33. The molecule has 0 radical (unpaired) electrons. The molecule has 3 N–H and O–H groups in total. The van der Waals surface area contributed by atoms with Gasteiger partial charge in [0, 0.05) is 18.9 Å². The van der Waals surface area contributed by atoms with Crippen LogP contribution in [0.5, 0.6) is 0 Å². The number of aliphatic carboxylic acids is 1. The molecule has 9 nitrogen and oxygen atoms in total. The fourth-order valence-corrected chi connectivity index (χ4v) is 4.17. The highest BCUT2D eigenvalue weighted by molar-refractivity contribution is 5.89. The smallest absolute Gasteiger partial charge is 0.407 e. The molecule has 2 aromatic rings. The summed E-state index contributed by atoms with van der Waals surface area (Å²) in [6, 6.07) is 14.5. The van der Waals surface area contributed by atoms with Gasteiger partial charge in [-0.05, 0) is 35.1 Å². The molecule has 0 heterocycles. The van der Waals surface area contributed by atoms with Crippen molar-refractivity contribution in [2.24, 2.45) is 0 Å². The Kier molecular flexibility index (Phi) is 9.23. The number of carbonyl (C=O) groups excluding carboxylic acids is 3. The molecule has 35 heavy (non-hydrogen) atoms. The van der Waals surface area contributed by atoms with Crippen LogP contribution in [0, 0.1) is 0 Å². The van der Waals surface area contributed by atoms with Crippen LogP contribution in [-0.2, 0) is 23.9 Å². The maximum atomic E-state index is 12.5. The molecule has 0 aromatic heterocycles. The Morgan fingerprint density at radius 1 is 0.943 bits per heavy atom. The van der Waals surface area contributed by atoms with Crippen LogP contribution in [0.3, 0.4) is 0 Å². The Bertz CT molecular complexity index is 1020. The van der Waals surface area contributed by atoms with Gasteiger partial charge >= 0.3 is 18.0 Å². The van der Waals surface area contributed by atoms with Crippen molar-refractivity contribution in [1.29, 1.82) is 0 Å². The predicted octanol–water partition coefficient (Wildman–Crippen LogP) is 3.22. The molecule has 0 saturated carbocycles. The van der Waals surface area contributed by atoms with Crippen molar-refractivity contribution in [3.63, 3.8) is 0 Å². The van der Waals surface area contributed by atoms with E-state index in [9.17, 15) is 19.2 Å². The maximum Gasteiger partial charge on any atom is 0.407 e. The molecule has 0 saturated heterocycles. The second-order valence-electron chi connectivity index (χ2n) is 8.30. The van der Waals surface area contributed by atoms with Gasteiger partial charge in [-0.2, -0.15) is 0 Å². The molecule has 186 valence electrons. The molecule has 3 rings (SSSR count). The summed E-state index contributed by atoms with van der Waals surface area (Å²) in [5, 5.41) is 14.2. The van der Waals surface area contributed by atoms with Crippen LogP contribution in [0.25, 0.3) is 11.1 Å². The largest absolute Gasteiger partial charge is 0.481 e. The SMILES string of the molecule is COC(=O)CCCCCNC(=O)C(CC(=O)O)NC(=O)OCC1c2ccccc2-c2ccccc21. The second kappa shape index (κ2) is 12.5. The van der Waals surface area contributed by atoms with Gasteiger partial charge in [0.2, 0.25) is 5.91 Å². The number of nitrogens with one attached hydrogen (secondary N) is 2. The van der Waals surface area contributed by atoms with Gasteiger partial charge < -0.3 is 25.2 Å². The monoisotopic (exact) mass is 482 g/mol. The number of hydrogen-bond donors (Lipinski definition) is 3. The third kappa shape index (κ3) is 7.05. The number of amides is 2. The van der Waals surface area contributed by atoms with E-state index in [1.165, 1.54) is 7.11 Å². The van der Waals surface area contributed by atoms with E-state index in [4.69, 9.17) is 9.84 Å².